The molecule has 0 saturated carbocycles. The van der Waals surface area contributed by atoms with E-state index in [2.05, 4.69) is 20.6 Å². The molecule has 1 unspecified atom stereocenters. The van der Waals surface area contributed by atoms with Crippen molar-refractivity contribution < 1.29 is 22.8 Å². The summed E-state index contributed by atoms with van der Waals surface area (Å²) in [6, 6.07) is 4.86. The van der Waals surface area contributed by atoms with Gasteiger partial charge in [-0.1, -0.05) is 29.6 Å². The Kier molecular flexibility index (Phi) is 9.71. The molecule has 0 radical (unpaired) electrons. The molecule has 1 aliphatic heterocycles. The highest BCUT2D eigenvalue weighted by Crippen LogP contribution is 2.32. The van der Waals surface area contributed by atoms with E-state index < -0.39 is 18.0 Å². The van der Waals surface area contributed by atoms with Crippen molar-refractivity contribution in [2.24, 2.45) is 22.5 Å². The summed E-state index contributed by atoms with van der Waals surface area (Å²) in [5.41, 5.74) is 8.46. The first kappa shape index (κ1) is 31.5. The van der Waals surface area contributed by atoms with Gasteiger partial charge in [-0.2, -0.15) is 13.2 Å². The summed E-state index contributed by atoms with van der Waals surface area (Å²) >= 11 is 1.17. The number of hydrogen-bond donors (Lipinski definition) is 4. The van der Waals surface area contributed by atoms with Gasteiger partial charge in [0.1, 0.15) is 5.84 Å². The van der Waals surface area contributed by atoms with E-state index >= 15 is 0 Å². The molecule has 43 heavy (non-hydrogen) atoms. The van der Waals surface area contributed by atoms with E-state index in [1.807, 2.05) is 11.9 Å². The van der Waals surface area contributed by atoms with Crippen LogP contribution in [0.5, 0.6) is 0 Å². The molecule has 4 rings (SSSR count). The van der Waals surface area contributed by atoms with Crippen LogP contribution >= 0.6 is 11.3 Å². The van der Waals surface area contributed by atoms with Crippen molar-refractivity contribution in [1.82, 2.24) is 15.2 Å². The first-order valence-corrected chi connectivity index (χ1v) is 14.2. The standard InChI is InChI=1S/C29H33F3N8O2S/c1-17-6-7-19(13-24(17)40(34)16-23(33)25-15-35-28(43-25)36-18(2)41)27(42)38-22-11-9-20(29(30,31)32)8-10-21(14-22)37-26-5-4-12-39(26)3/h6-8,10-11,13-16,20H,4-5,9,12,33-34H2,1-3H3,(H,38,42)(H,35,36,41)/b10-8?,21-14+,22-11+,23-16-,37-26?. The summed E-state index contributed by atoms with van der Waals surface area (Å²) in [6.07, 6.45) is 5.20. The quantitative estimate of drug-likeness (QED) is 0.259. The van der Waals surface area contributed by atoms with E-state index in [-0.39, 0.29) is 29.3 Å². The zero-order valence-corrected chi connectivity index (χ0v) is 24.7. The summed E-state index contributed by atoms with van der Waals surface area (Å²) in [7, 11) is 1.88. The third kappa shape index (κ3) is 8.32. The number of hydrazine groups is 1. The molecule has 1 fully saturated rings. The number of carbonyl (C=O) groups is 2. The molecule has 1 aromatic heterocycles. The van der Waals surface area contributed by atoms with Crippen LogP contribution in [-0.2, 0) is 4.79 Å². The Labute approximate surface area is 251 Å². The summed E-state index contributed by atoms with van der Waals surface area (Å²) in [4.78, 5) is 35.8. The Morgan fingerprint density at radius 3 is 2.72 bits per heavy atom. The molecule has 1 saturated heterocycles. The van der Waals surface area contributed by atoms with Gasteiger partial charge in [0, 0.05) is 50.6 Å². The van der Waals surface area contributed by atoms with E-state index in [0.717, 1.165) is 36.9 Å². The molecule has 1 atom stereocenters. The molecular formula is C29H33F3N8O2S. The molecule has 1 aliphatic carbocycles. The van der Waals surface area contributed by atoms with Gasteiger partial charge in [0.2, 0.25) is 5.91 Å². The first-order valence-electron chi connectivity index (χ1n) is 13.4. The van der Waals surface area contributed by atoms with Crippen LogP contribution in [0.4, 0.5) is 24.0 Å². The number of likely N-dealkylation sites (tertiary alicyclic amines) is 1. The number of carbonyl (C=O) groups excluding carboxylic acids is 2. The van der Waals surface area contributed by atoms with Crippen molar-refractivity contribution >= 4 is 45.5 Å². The van der Waals surface area contributed by atoms with Crippen LogP contribution in [0.3, 0.4) is 0 Å². The van der Waals surface area contributed by atoms with Crippen LogP contribution in [0.1, 0.15) is 47.0 Å². The molecule has 0 bridgehead atoms. The van der Waals surface area contributed by atoms with Crippen molar-refractivity contribution in [1.29, 1.82) is 0 Å². The second-order valence-electron chi connectivity index (χ2n) is 10.2. The van der Waals surface area contributed by atoms with E-state index in [4.69, 9.17) is 11.6 Å². The van der Waals surface area contributed by atoms with Crippen LogP contribution in [0, 0.1) is 12.8 Å². The number of amides is 2. The summed E-state index contributed by atoms with van der Waals surface area (Å²) in [6.45, 7) is 3.99. The van der Waals surface area contributed by atoms with Crippen LogP contribution in [0.2, 0.25) is 0 Å². The van der Waals surface area contributed by atoms with E-state index in [9.17, 15) is 22.8 Å². The fourth-order valence-corrected chi connectivity index (χ4v) is 5.21. The minimum Gasteiger partial charge on any atom is -0.396 e. The second-order valence-corrected chi connectivity index (χ2v) is 11.2. The van der Waals surface area contributed by atoms with Crippen molar-refractivity contribution in [3.63, 3.8) is 0 Å². The first-order chi connectivity index (χ1) is 20.3. The lowest BCUT2D eigenvalue weighted by Crippen LogP contribution is -2.28. The number of thiazole rings is 1. The third-order valence-corrected chi connectivity index (χ3v) is 7.73. The number of aliphatic imine (C=N–C) groups is 1. The number of amidine groups is 1. The van der Waals surface area contributed by atoms with Crippen LogP contribution in [0.15, 0.2) is 71.3 Å². The number of aryl methyl sites for hydroxylation is 1. The minimum absolute atomic E-state index is 0.208. The number of nitrogens with two attached hydrogens (primary N) is 2. The number of benzene rings is 1. The zero-order valence-electron chi connectivity index (χ0n) is 23.9. The number of nitrogens with zero attached hydrogens (tertiary/aromatic N) is 4. The highest BCUT2D eigenvalue weighted by atomic mass is 32.1. The van der Waals surface area contributed by atoms with Crippen LogP contribution < -0.4 is 27.2 Å². The van der Waals surface area contributed by atoms with E-state index in [0.29, 0.717) is 21.4 Å². The van der Waals surface area contributed by atoms with Gasteiger partial charge in [0.05, 0.1) is 27.9 Å². The maximum atomic E-state index is 13.6. The lowest BCUT2D eigenvalue weighted by atomic mass is 10.0. The Bertz CT molecular complexity index is 1540. The number of halogens is 3. The maximum Gasteiger partial charge on any atom is 0.395 e. The molecule has 2 aromatic rings. The topological polar surface area (TPSA) is 142 Å². The molecule has 2 amide bonds. The molecule has 10 nitrogen and oxygen atoms in total. The Morgan fingerprint density at radius 2 is 2.05 bits per heavy atom. The predicted molar refractivity (Wildman–Crippen MR) is 163 cm³/mol. The second kappa shape index (κ2) is 13.3. The minimum atomic E-state index is -4.45. The van der Waals surface area contributed by atoms with Gasteiger partial charge in [-0.05, 0) is 49.6 Å². The Balaban J connectivity index is 1.57. The predicted octanol–water partition coefficient (Wildman–Crippen LogP) is 4.81. The molecular weight excluding hydrogens is 581 g/mol. The molecule has 228 valence electrons. The Hall–Kier alpha value is -4.43. The monoisotopic (exact) mass is 614 g/mol. The van der Waals surface area contributed by atoms with E-state index in [1.165, 1.54) is 47.8 Å². The van der Waals surface area contributed by atoms with Crippen molar-refractivity contribution in [3.05, 3.63) is 82.3 Å². The van der Waals surface area contributed by atoms with Gasteiger partial charge in [-0.3, -0.25) is 14.6 Å². The van der Waals surface area contributed by atoms with Crippen LogP contribution in [-0.4, -0.2) is 47.3 Å². The van der Waals surface area contributed by atoms with Gasteiger partial charge in [0.15, 0.2) is 5.13 Å². The molecule has 14 heteroatoms. The van der Waals surface area contributed by atoms with Gasteiger partial charge in [-0.25, -0.2) is 15.8 Å². The van der Waals surface area contributed by atoms with Gasteiger partial charge in [-0.15, -0.1) is 0 Å². The third-order valence-electron chi connectivity index (χ3n) is 6.77. The number of anilines is 2. The maximum absolute atomic E-state index is 13.6. The largest absolute Gasteiger partial charge is 0.396 e. The average molecular weight is 615 g/mol. The Morgan fingerprint density at radius 1 is 1.28 bits per heavy atom. The van der Waals surface area contributed by atoms with Crippen LogP contribution in [0.25, 0.3) is 5.70 Å². The van der Waals surface area contributed by atoms with Gasteiger partial charge in [0.25, 0.3) is 5.91 Å². The average Bonchev–Trinajstić information content (AvgIpc) is 3.54. The SMILES string of the molecule is CC(=O)Nc1ncc(/C(N)=C/N(N)c2cc(C(=O)NC3=C/CC(C(F)(F)F)C=C/C(N=C4CCCN4C)=C\3)ccc2C)s1. The number of aromatic nitrogens is 1. The highest BCUT2D eigenvalue weighted by molar-refractivity contribution is 7.16. The lowest BCUT2D eigenvalue weighted by molar-refractivity contribution is -0.160. The number of nitrogens with one attached hydrogen (secondary N) is 2. The van der Waals surface area contributed by atoms with Crippen molar-refractivity contribution in [2.45, 2.75) is 39.3 Å². The smallest absolute Gasteiger partial charge is 0.395 e. The fourth-order valence-electron chi connectivity index (χ4n) is 4.43. The molecule has 1 aromatic carbocycles. The van der Waals surface area contributed by atoms with E-state index in [1.54, 1.807) is 31.2 Å². The molecule has 0 spiro atoms. The number of allylic oxidation sites excluding steroid dienone is 4. The molecule has 2 aliphatic rings. The zero-order chi connectivity index (χ0) is 31.3. The van der Waals surface area contributed by atoms with Crippen molar-refractivity contribution in [2.75, 3.05) is 23.9 Å². The van der Waals surface area contributed by atoms with Crippen molar-refractivity contribution in [3.8, 4) is 0 Å². The van der Waals surface area contributed by atoms with Gasteiger partial charge < -0.3 is 21.3 Å². The number of hydrogen-bond acceptors (Lipinski definition) is 8. The highest BCUT2D eigenvalue weighted by Gasteiger charge is 2.37. The summed E-state index contributed by atoms with van der Waals surface area (Å²) in [5.74, 6) is 4.54. The fraction of sp³-hybridized carbons (Fsp3) is 0.310. The summed E-state index contributed by atoms with van der Waals surface area (Å²) in [5, 5.41) is 6.97. The summed E-state index contributed by atoms with van der Waals surface area (Å²) < 4.78 is 40.9. The van der Waals surface area contributed by atoms with Gasteiger partial charge >= 0.3 is 6.18 Å². The molecule has 2 heterocycles. The number of alkyl halides is 3. The lowest BCUT2D eigenvalue weighted by Gasteiger charge is -2.19. The number of rotatable bonds is 7. The normalized spacial score (nSPS) is 21.0. The molecule has 6 N–H and O–H groups in total.